The smallest absolute Gasteiger partial charge is 0.262 e. The molecule has 1 saturated heterocycles. The SMILES string of the molecule is CC1CN(C(=O)CN2C(=O)c3ccccc3C2=O)CC(c2ccc(F)cc2)O1. The van der Waals surface area contributed by atoms with E-state index in [9.17, 15) is 18.8 Å². The minimum absolute atomic E-state index is 0.227. The molecule has 0 radical (unpaired) electrons. The first kappa shape index (κ1) is 18.3. The van der Waals surface area contributed by atoms with Crippen molar-refractivity contribution in [3.8, 4) is 0 Å². The van der Waals surface area contributed by atoms with E-state index < -0.39 is 17.9 Å². The third-order valence-electron chi connectivity index (χ3n) is 5.03. The third kappa shape index (κ3) is 3.29. The molecule has 28 heavy (non-hydrogen) atoms. The quantitative estimate of drug-likeness (QED) is 0.765. The van der Waals surface area contributed by atoms with Crippen LogP contribution in [0, 0.1) is 5.82 Å². The number of nitrogens with zero attached hydrogens (tertiary/aromatic N) is 2. The van der Waals surface area contributed by atoms with Crippen LogP contribution < -0.4 is 0 Å². The number of halogens is 1. The number of morpholine rings is 1. The van der Waals surface area contributed by atoms with Crippen LogP contribution in [0.1, 0.15) is 39.3 Å². The molecule has 2 aromatic rings. The Morgan fingerprint density at radius 3 is 2.25 bits per heavy atom. The van der Waals surface area contributed by atoms with Gasteiger partial charge in [0.05, 0.1) is 23.8 Å². The number of ether oxygens (including phenoxy) is 1. The molecule has 144 valence electrons. The van der Waals surface area contributed by atoms with Crippen molar-refractivity contribution < 1.29 is 23.5 Å². The van der Waals surface area contributed by atoms with Gasteiger partial charge in [-0.25, -0.2) is 4.39 Å². The van der Waals surface area contributed by atoms with E-state index in [-0.39, 0.29) is 30.9 Å². The molecular formula is C21H19FN2O4. The number of benzene rings is 2. The Morgan fingerprint density at radius 1 is 1.04 bits per heavy atom. The van der Waals surface area contributed by atoms with Gasteiger partial charge in [-0.05, 0) is 36.8 Å². The predicted octanol–water partition coefficient (Wildman–Crippen LogP) is 2.41. The molecule has 0 N–H and O–H groups in total. The lowest BCUT2D eigenvalue weighted by Gasteiger charge is -2.37. The highest BCUT2D eigenvalue weighted by atomic mass is 19.1. The van der Waals surface area contributed by atoms with E-state index in [1.807, 2.05) is 6.92 Å². The first-order chi connectivity index (χ1) is 13.4. The highest BCUT2D eigenvalue weighted by Gasteiger charge is 2.38. The standard InChI is InChI=1S/C21H19FN2O4/c1-13-10-23(11-18(28-13)14-6-8-15(22)9-7-14)19(25)12-24-20(26)16-4-2-3-5-17(16)21(24)27/h2-9,13,18H,10-12H2,1H3. The molecule has 2 aliphatic heterocycles. The zero-order valence-corrected chi connectivity index (χ0v) is 15.3. The Morgan fingerprint density at radius 2 is 1.64 bits per heavy atom. The van der Waals surface area contributed by atoms with Gasteiger partial charge in [-0.15, -0.1) is 0 Å². The van der Waals surface area contributed by atoms with Gasteiger partial charge in [-0.3, -0.25) is 19.3 Å². The molecule has 0 bridgehead atoms. The minimum atomic E-state index is -0.453. The Labute approximate surface area is 161 Å². The summed E-state index contributed by atoms with van der Waals surface area (Å²) in [5.74, 6) is -1.57. The average molecular weight is 382 g/mol. The van der Waals surface area contributed by atoms with Gasteiger partial charge in [-0.1, -0.05) is 24.3 Å². The average Bonchev–Trinajstić information content (AvgIpc) is 2.93. The van der Waals surface area contributed by atoms with Gasteiger partial charge in [0.1, 0.15) is 18.5 Å². The van der Waals surface area contributed by atoms with Gasteiger partial charge >= 0.3 is 0 Å². The maximum absolute atomic E-state index is 13.2. The molecule has 2 aromatic carbocycles. The molecular weight excluding hydrogens is 363 g/mol. The van der Waals surface area contributed by atoms with Crippen molar-refractivity contribution in [2.75, 3.05) is 19.6 Å². The third-order valence-corrected chi connectivity index (χ3v) is 5.03. The summed E-state index contributed by atoms with van der Waals surface area (Å²) in [5, 5.41) is 0. The highest BCUT2D eigenvalue weighted by molar-refractivity contribution is 6.22. The Balaban J connectivity index is 1.48. The molecule has 4 rings (SSSR count). The lowest BCUT2D eigenvalue weighted by molar-refractivity contribution is -0.145. The first-order valence-corrected chi connectivity index (χ1v) is 9.08. The lowest BCUT2D eigenvalue weighted by atomic mass is 10.1. The molecule has 0 aliphatic carbocycles. The van der Waals surface area contributed by atoms with Crippen LogP contribution in [0.2, 0.25) is 0 Å². The van der Waals surface area contributed by atoms with Crippen molar-refractivity contribution in [3.05, 3.63) is 71.0 Å². The Bertz CT molecular complexity index is 909. The normalized spacial score (nSPS) is 21.8. The van der Waals surface area contributed by atoms with Crippen molar-refractivity contribution in [2.45, 2.75) is 19.1 Å². The summed E-state index contributed by atoms with van der Waals surface area (Å²) in [6.07, 6.45) is -0.620. The summed E-state index contributed by atoms with van der Waals surface area (Å²) in [4.78, 5) is 40.4. The van der Waals surface area contributed by atoms with Crippen LogP contribution in [0.15, 0.2) is 48.5 Å². The van der Waals surface area contributed by atoms with Crippen molar-refractivity contribution in [3.63, 3.8) is 0 Å². The molecule has 0 aromatic heterocycles. The zero-order valence-electron chi connectivity index (χ0n) is 15.3. The summed E-state index contributed by atoms with van der Waals surface area (Å²) in [6.45, 7) is 2.17. The van der Waals surface area contributed by atoms with Gasteiger partial charge in [0.2, 0.25) is 5.91 Å². The fourth-order valence-corrected chi connectivity index (χ4v) is 3.63. The summed E-state index contributed by atoms with van der Waals surface area (Å²) in [7, 11) is 0. The van der Waals surface area contributed by atoms with E-state index >= 15 is 0 Å². The second-order valence-corrected chi connectivity index (χ2v) is 7.03. The molecule has 2 aliphatic rings. The fraction of sp³-hybridized carbons (Fsp3) is 0.286. The molecule has 6 nitrogen and oxygen atoms in total. The lowest BCUT2D eigenvalue weighted by Crippen LogP contribution is -2.50. The van der Waals surface area contributed by atoms with E-state index in [4.69, 9.17) is 4.74 Å². The summed E-state index contributed by atoms with van der Waals surface area (Å²) in [6, 6.07) is 12.5. The summed E-state index contributed by atoms with van der Waals surface area (Å²) < 4.78 is 19.1. The second-order valence-electron chi connectivity index (χ2n) is 7.03. The number of carbonyl (C=O) groups is 3. The Kier molecular flexibility index (Phi) is 4.68. The number of hydrogen-bond acceptors (Lipinski definition) is 4. The summed E-state index contributed by atoms with van der Waals surface area (Å²) in [5.41, 5.74) is 1.41. The molecule has 7 heteroatoms. The zero-order chi connectivity index (χ0) is 19.8. The number of imide groups is 1. The molecule has 3 amide bonds. The van der Waals surface area contributed by atoms with E-state index in [1.54, 1.807) is 41.3 Å². The maximum Gasteiger partial charge on any atom is 0.262 e. The van der Waals surface area contributed by atoms with Crippen LogP contribution in [0.4, 0.5) is 4.39 Å². The molecule has 2 atom stereocenters. The Hall–Kier alpha value is -3.06. The monoisotopic (exact) mass is 382 g/mol. The number of rotatable bonds is 3. The van der Waals surface area contributed by atoms with Crippen LogP contribution in [0.5, 0.6) is 0 Å². The van der Waals surface area contributed by atoms with Gasteiger partial charge in [-0.2, -0.15) is 0 Å². The van der Waals surface area contributed by atoms with Gasteiger partial charge < -0.3 is 9.64 Å². The van der Waals surface area contributed by atoms with Crippen molar-refractivity contribution in [1.82, 2.24) is 9.80 Å². The van der Waals surface area contributed by atoms with Crippen LogP contribution >= 0.6 is 0 Å². The number of hydrogen-bond donors (Lipinski definition) is 0. The van der Waals surface area contributed by atoms with Crippen molar-refractivity contribution >= 4 is 17.7 Å². The molecule has 0 spiro atoms. The van der Waals surface area contributed by atoms with Crippen LogP contribution in [0.3, 0.4) is 0 Å². The first-order valence-electron chi connectivity index (χ1n) is 9.08. The molecule has 1 fully saturated rings. The minimum Gasteiger partial charge on any atom is -0.367 e. The number of carbonyl (C=O) groups excluding carboxylic acids is 3. The topological polar surface area (TPSA) is 66.9 Å². The fourth-order valence-electron chi connectivity index (χ4n) is 3.63. The number of amides is 3. The van der Waals surface area contributed by atoms with Crippen LogP contribution in [-0.2, 0) is 9.53 Å². The maximum atomic E-state index is 13.2. The summed E-state index contributed by atoms with van der Waals surface area (Å²) >= 11 is 0. The molecule has 0 saturated carbocycles. The van der Waals surface area contributed by atoms with E-state index in [0.717, 1.165) is 10.5 Å². The van der Waals surface area contributed by atoms with Crippen molar-refractivity contribution in [2.24, 2.45) is 0 Å². The van der Waals surface area contributed by atoms with Crippen LogP contribution in [-0.4, -0.2) is 53.3 Å². The van der Waals surface area contributed by atoms with Gasteiger partial charge in [0.25, 0.3) is 11.8 Å². The largest absolute Gasteiger partial charge is 0.367 e. The van der Waals surface area contributed by atoms with Crippen molar-refractivity contribution in [1.29, 1.82) is 0 Å². The molecule has 2 unspecified atom stereocenters. The van der Waals surface area contributed by atoms with E-state index in [0.29, 0.717) is 17.7 Å². The number of fused-ring (bicyclic) bond motifs is 1. The molecule has 2 heterocycles. The van der Waals surface area contributed by atoms with Crippen LogP contribution in [0.25, 0.3) is 0 Å². The van der Waals surface area contributed by atoms with Gasteiger partial charge in [0, 0.05) is 6.54 Å². The highest BCUT2D eigenvalue weighted by Crippen LogP contribution is 2.27. The van der Waals surface area contributed by atoms with E-state index in [1.165, 1.54) is 12.1 Å². The second kappa shape index (κ2) is 7.16. The van der Waals surface area contributed by atoms with E-state index in [2.05, 4.69) is 0 Å². The predicted molar refractivity (Wildman–Crippen MR) is 98.1 cm³/mol. The van der Waals surface area contributed by atoms with Gasteiger partial charge in [0.15, 0.2) is 0 Å².